The summed E-state index contributed by atoms with van der Waals surface area (Å²) in [7, 11) is 1.27. The van der Waals surface area contributed by atoms with Crippen LogP contribution in [0.2, 0.25) is 0 Å². The van der Waals surface area contributed by atoms with Crippen molar-refractivity contribution in [1.29, 1.82) is 0 Å². The Morgan fingerprint density at radius 3 is 2.33 bits per heavy atom. The van der Waals surface area contributed by atoms with Crippen molar-refractivity contribution < 1.29 is 19.1 Å². The third kappa shape index (κ3) is 8.05. The lowest BCUT2D eigenvalue weighted by molar-refractivity contribution is -0.132. The molecule has 210 valence electrons. The minimum absolute atomic E-state index is 0.0980. The van der Waals surface area contributed by atoms with Crippen molar-refractivity contribution in [3.63, 3.8) is 0 Å². The number of ether oxygens (including phenoxy) is 1. The Kier molecular flexibility index (Phi) is 10.9. The number of carbonyl (C=O) groups is 3. The summed E-state index contributed by atoms with van der Waals surface area (Å²) in [6.45, 7) is 5.08. The van der Waals surface area contributed by atoms with Crippen LogP contribution in [0, 0.1) is 5.92 Å². The SMILES string of the molecule is COC(=O)N[C@@H](CCc1ccccc1)C(=O)NCCCCN1C(=O)C(CCC(C)C)(c2ccccc2)N=C1N. The van der Waals surface area contributed by atoms with Crippen LogP contribution in [0.3, 0.4) is 0 Å². The number of benzene rings is 2. The van der Waals surface area contributed by atoms with Gasteiger partial charge in [0, 0.05) is 13.1 Å². The molecule has 0 radical (unpaired) electrons. The highest BCUT2D eigenvalue weighted by Gasteiger charge is 2.48. The second-order valence-electron chi connectivity index (χ2n) is 10.3. The molecule has 2 aromatic carbocycles. The number of rotatable bonds is 14. The van der Waals surface area contributed by atoms with E-state index in [1.54, 1.807) is 4.90 Å². The highest BCUT2D eigenvalue weighted by molar-refractivity contribution is 6.07. The Hall–Kier alpha value is -3.88. The molecular weight excluding hydrogens is 494 g/mol. The van der Waals surface area contributed by atoms with E-state index in [1.807, 2.05) is 60.7 Å². The highest BCUT2D eigenvalue weighted by Crippen LogP contribution is 2.38. The van der Waals surface area contributed by atoms with Crippen LogP contribution < -0.4 is 16.4 Å². The number of aryl methyl sites for hydroxylation is 1. The minimum atomic E-state index is -0.991. The van der Waals surface area contributed by atoms with Crippen molar-refractivity contribution in [2.24, 2.45) is 16.6 Å². The lowest BCUT2D eigenvalue weighted by atomic mass is 9.83. The van der Waals surface area contributed by atoms with Gasteiger partial charge in [-0.3, -0.25) is 14.5 Å². The number of hydrogen-bond donors (Lipinski definition) is 3. The standard InChI is InChI=1S/C30H41N5O4/c1-22(2)18-19-30(24-14-8-5-9-15-24)27(37)35(28(31)34-30)21-11-10-20-32-26(36)25(33-29(38)39-3)17-16-23-12-6-4-7-13-23/h4-9,12-15,22,25H,10-11,16-21H2,1-3H3,(H2,31,34)(H,32,36)(H,33,38)/t25-,30?/m0/s1. The van der Waals surface area contributed by atoms with E-state index >= 15 is 0 Å². The van der Waals surface area contributed by atoms with Gasteiger partial charge in [-0.1, -0.05) is 74.5 Å². The third-order valence-electron chi connectivity index (χ3n) is 6.98. The molecule has 0 aliphatic carbocycles. The van der Waals surface area contributed by atoms with Crippen molar-refractivity contribution >= 4 is 23.9 Å². The number of nitrogens with zero attached hydrogens (tertiary/aromatic N) is 2. The summed E-state index contributed by atoms with van der Waals surface area (Å²) in [6.07, 6.45) is 3.15. The van der Waals surface area contributed by atoms with Crippen molar-refractivity contribution in [2.75, 3.05) is 20.2 Å². The number of nitrogens with one attached hydrogen (secondary N) is 2. The number of unbranched alkanes of at least 4 members (excludes halogenated alkanes) is 1. The number of nitrogens with two attached hydrogens (primary N) is 1. The highest BCUT2D eigenvalue weighted by atomic mass is 16.5. The van der Waals surface area contributed by atoms with E-state index < -0.39 is 17.7 Å². The van der Waals surface area contributed by atoms with Gasteiger partial charge in [-0.2, -0.15) is 0 Å². The number of amides is 3. The van der Waals surface area contributed by atoms with Gasteiger partial charge in [-0.15, -0.1) is 0 Å². The lowest BCUT2D eigenvalue weighted by Gasteiger charge is -2.27. The second kappa shape index (κ2) is 14.3. The largest absolute Gasteiger partial charge is 0.453 e. The number of methoxy groups -OCH3 is 1. The Morgan fingerprint density at radius 1 is 1.03 bits per heavy atom. The predicted octanol–water partition coefficient (Wildman–Crippen LogP) is 3.73. The molecule has 1 unspecified atom stereocenters. The molecule has 4 N–H and O–H groups in total. The first kappa shape index (κ1) is 29.7. The van der Waals surface area contributed by atoms with Crippen LogP contribution in [0.1, 0.15) is 57.1 Å². The maximum absolute atomic E-state index is 13.6. The van der Waals surface area contributed by atoms with E-state index in [-0.39, 0.29) is 17.8 Å². The zero-order chi connectivity index (χ0) is 28.3. The van der Waals surface area contributed by atoms with Gasteiger partial charge in [0.2, 0.25) is 5.91 Å². The maximum atomic E-state index is 13.6. The molecule has 3 amide bonds. The smallest absolute Gasteiger partial charge is 0.407 e. The molecule has 0 aromatic heterocycles. The third-order valence-corrected chi connectivity index (χ3v) is 6.98. The molecule has 0 spiro atoms. The summed E-state index contributed by atoms with van der Waals surface area (Å²) >= 11 is 0. The summed E-state index contributed by atoms with van der Waals surface area (Å²) < 4.78 is 4.69. The molecular formula is C30H41N5O4. The molecule has 1 aliphatic rings. The van der Waals surface area contributed by atoms with Crippen LogP contribution in [0.5, 0.6) is 0 Å². The second-order valence-corrected chi connectivity index (χ2v) is 10.3. The first-order chi connectivity index (χ1) is 18.8. The Labute approximate surface area is 231 Å². The average molecular weight is 536 g/mol. The minimum Gasteiger partial charge on any atom is -0.453 e. The van der Waals surface area contributed by atoms with E-state index in [1.165, 1.54) is 7.11 Å². The molecule has 0 fully saturated rings. The Morgan fingerprint density at radius 2 is 1.69 bits per heavy atom. The Balaban J connectivity index is 1.53. The molecule has 3 rings (SSSR count). The monoisotopic (exact) mass is 535 g/mol. The first-order valence-corrected chi connectivity index (χ1v) is 13.7. The molecule has 1 aliphatic heterocycles. The number of guanidine groups is 1. The van der Waals surface area contributed by atoms with E-state index in [2.05, 4.69) is 24.5 Å². The van der Waals surface area contributed by atoms with Gasteiger partial charge in [0.15, 0.2) is 11.5 Å². The molecule has 0 bridgehead atoms. The van der Waals surface area contributed by atoms with Crippen LogP contribution in [-0.2, 0) is 26.3 Å². The topological polar surface area (TPSA) is 126 Å². The van der Waals surface area contributed by atoms with E-state index in [0.717, 1.165) is 17.5 Å². The van der Waals surface area contributed by atoms with Gasteiger partial charge in [0.25, 0.3) is 5.91 Å². The van der Waals surface area contributed by atoms with Gasteiger partial charge in [0.1, 0.15) is 6.04 Å². The zero-order valence-corrected chi connectivity index (χ0v) is 23.2. The molecule has 0 saturated heterocycles. The summed E-state index contributed by atoms with van der Waals surface area (Å²) in [5.41, 5.74) is 7.21. The summed E-state index contributed by atoms with van der Waals surface area (Å²) in [4.78, 5) is 44.5. The predicted molar refractivity (Wildman–Crippen MR) is 152 cm³/mol. The number of carbonyl (C=O) groups excluding carboxylic acids is 3. The van der Waals surface area contributed by atoms with Gasteiger partial charge < -0.3 is 21.1 Å². The molecule has 0 saturated carbocycles. The first-order valence-electron chi connectivity index (χ1n) is 13.7. The van der Waals surface area contributed by atoms with Gasteiger partial charge in [-0.05, 0) is 55.6 Å². The average Bonchev–Trinajstić information content (AvgIpc) is 3.19. The van der Waals surface area contributed by atoms with Crippen molar-refractivity contribution in [3.8, 4) is 0 Å². The van der Waals surface area contributed by atoms with Crippen LogP contribution in [0.25, 0.3) is 0 Å². The van der Waals surface area contributed by atoms with Crippen LogP contribution in [0.4, 0.5) is 4.79 Å². The summed E-state index contributed by atoms with van der Waals surface area (Å²) in [5, 5.41) is 5.52. The van der Waals surface area contributed by atoms with Gasteiger partial charge in [0.05, 0.1) is 7.11 Å². The van der Waals surface area contributed by atoms with Crippen LogP contribution in [0.15, 0.2) is 65.7 Å². The fourth-order valence-corrected chi connectivity index (χ4v) is 4.71. The van der Waals surface area contributed by atoms with E-state index in [0.29, 0.717) is 51.1 Å². The van der Waals surface area contributed by atoms with Crippen molar-refractivity contribution in [2.45, 2.75) is 64.0 Å². The van der Waals surface area contributed by atoms with Crippen molar-refractivity contribution in [1.82, 2.24) is 15.5 Å². The quantitative estimate of drug-likeness (QED) is 0.318. The fourth-order valence-electron chi connectivity index (χ4n) is 4.71. The van der Waals surface area contributed by atoms with E-state index in [9.17, 15) is 14.4 Å². The Bertz CT molecular complexity index is 1120. The van der Waals surface area contributed by atoms with Crippen LogP contribution >= 0.6 is 0 Å². The molecule has 39 heavy (non-hydrogen) atoms. The molecule has 9 nitrogen and oxygen atoms in total. The lowest BCUT2D eigenvalue weighted by Crippen LogP contribution is -2.47. The normalized spacial score (nSPS) is 17.6. The zero-order valence-electron chi connectivity index (χ0n) is 23.2. The maximum Gasteiger partial charge on any atom is 0.407 e. The molecule has 2 atom stereocenters. The molecule has 2 aromatic rings. The van der Waals surface area contributed by atoms with Crippen molar-refractivity contribution in [3.05, 3.63) is 71.8 Å². The molecule has 9 heteroatoms. The van der Waals surface area contributed by atoms with E-state index in [4.69, 9.17) is 15.5 Å². The summed E-state index contributed by atoms with van der Waals surface area (Å²) in [5.74, 6) is 0.295. The number of aliphatic imine (C=N–C) groups is 1. The number of alkyl carbamates (subject to hydrolysis) is 1. The van der Waals surface area contributed by atoms with Gasteiger partial charge in [-0.25, -0.2) is 9.79 Å². The van der Waals surface area contributed by atoms with Crippen LogP contribution in [-0.4, -0.2) is 55.0 Å². The molecule has 1 heterocycles. The summed E-state index contributed by atoms with van der Waals surface area (Å²) in [6, 6.07) is 18.7. The van der Waals surface area contributed by atoms with Gasteiger partial charge >= 0.3 is 6.09 Å². The number of hydrogen-bond acceptors (Lipinski definition) is 6. The fraction of sp³-hybridized carbons (Fsp3) is 0.467.